The van der Waals surface area contributed by atoms with Gasteiger partial charge in [-0.15, -0.1) is 0 Å². The maximum atomic E-state index is 12.8. The summed E-state index contributed by atoms with van der Waals surface area (Å²) < 4.78 is 1.85. The lowest BCUT2D eigenvalue weighted by Gasteiger charge is -2.34. The van der Waals surface area contributed by atoms with Gasteiger partial charge in [0.1, 0.15) is 0 Å². The number of carbonyl (C=O) groups is 1. The number of amides is 1. The first-order valence-corrected chi connectivity index (χ1v) is 8.65. The van der Waals surface area contributed by atoms with Gasteiger partial charge >= 0.3 is 0 Å². The molecule has 0 radical (unpaired) electrons. The molecule has 1 aliphatic heterocycles. The molecule has 1 saturated heterocycles. The van der Waals surface area contributed by atoms with Crippen molar-refractivity contribution in [2.24, 2.45) is 0 Å². The predicted octanol–water partition coefficient (Wildman–Crippen LogP) is 1.93. The molecule has 1 aliphatic rings. The number of rotatable bonds is 3. The molecule has 3 heterocycles. The van der Waals surface area contributed by atoms with Crippen LogP contribution in [0.25, 0.3) is 5.69 Å². The topological polar surface area (TPSA) is 67.2 Å². The Bertz CT molecular complexity index is 882. The van der Waals surface area contributed by atoms with Gasteiger partial charge in [0.25, 0.3) is 5.91 Å². The summed E-state index contributed by atoms with van der Waals surface area (Å²) in [6.45, 7) is 4.80. The summed E-state index contributed by atoms with van der Waals surface area (Å²) in [5.74, 6) is 0.779. The highest BCUT2D eigenvalue weighted by atomic mass is 16.2. The Kier molecular flexibility index (Phi) is 4.35. The number of hydrogen-bond acceptors (Lipinski definition) is 5. The van der Waals surface area contributed by atoms with Crippen LogP contribution in [0.15, 0.2) is 55.0 Å². The number of anilines is 1. The van der Waals surface area contributed by atoms with Crippen molar-refractivity contribution in [1.82, 2.24) is 24.6 Å². The fourth-order valence-electron chi connectivity index (χ4n) is 3.13. The molecule has 2 aromatic heterocycles. The van der Waals surface area contributed by atoms with Crippen molar-refractivity contribution in [3.05, 3.63) is 66.2 Å². The third-order valence-corrected chi connectivity index (χ3v) is 4.59. The van der Waals surface area contributed by atoms with Gasteiger partial charge in [0.2, 0.25) is 5.95 Å². The van der Waals surface area contributed by atoms with Crippen molar-refractivity contribution in [2.75, 3.05) is 31.1 Å². The number of benzene rings is 1. The molecule has 1 aromatic carbocycles. The SMILES string of the molecule is Cc1ccnn1-c1ccc(C(=O)N2CCN(c3ncccn3)CC2)cc1. The zero-order valence-corrected chi connectivity index (χ0v) is 14.6. The average molecular weight is 348 g/mol. The van der Waals surface area contributed by atoms with Crippen LogP contribution in [0, 0.1) is 6.92 Å². The molecule has 0 bridgehead atoms. The second-order valence-electron chi connectivity index (χ2n) is 6.26. The van der Waals surface area contributed by atoms with E-state index >= 15 is 0 Å². The summed E-state index contributed by atoms with van der Waals surface area (Å²) in [6.07, 6.45) is 5.25. The molecule has 0 N–H and O–H groups in total. The molecule has 7 nitrogen and oxygen atoms in total. The average Bonchev–Trinajstić information content (AvgIpc) is 3.14. The predicted molar refractivity (Wildman–Crippen MR) is 98.4 cm³/mol. The third-order valence-electron chi connectivity index (χ3n) is 4.59. The van der Waals surface area contributed by atoms with Crippen molar-refractivity contribution in [3.8, 4) is 5.69 Å². The zero-order chi connectivity index (χ0) is 17.9. The van der Waals surface area contributed by atoms with Crippen LogP contribution >= 0.6 is 0 Å². The lowest BCUT2D eigenvalue weighted by molar-refractivity contribution is 0.0746. The minimum Gasteiger partial charge on any atom is -0.337 e. The van der Waals surface area contributed by atoms with Crippen molar-refractivity contribution in [1.29, 1.82) is 0 Å². The van der Waals surface area contributed by atoms with Crippen molar-refractivity contribution < 1.29 is 4.79 Å². The molecular weight excluding hydrogens is 328 g/mol. The van der Waals surface area contributed by atoms with Crippen molar-refractivity contribution in [2.45, 2.75) is 6.92 Å². The molecule has 1 amide bonds. The molecule has 4 rings (SSSR count). The highest BCUT2D eigenvalue weighted by molar-refractivity contribution is 5.94. The van der Waals surface area contributed by atoms with E-state index in [1.54, 1.807) is 24.7 Å². The highest BCUT2D eigenvalue weighted by Crippen LogP contribution is 2.15. The van der Waals surface area contributed by atoms with E-state index in [1.165, 1.54) is 0 Å². The number of hydrogen-bond donors (Lipinski definition) is 0. The van der Waals surface area contributed by atoms with Crippen LogP contribution < -0.4 is 4.90 Å². The van der Waals surface area contributed by atoms with Crippen LogP contribution in [0.5, 0.6) is 0 Å². The summed E-state index contributed by atoms with van der Waals surface area (Å²) in [5, 5.41) is 4.29. The largest absolute Gasteiger partial charge is 0.337 e. The number of piperazine rings is 1. The lowest BCUT2D eigenvalue weighted by atomic mass is 10.1. The van der Waals surface area contributed by atoms with E-state index in [4.69, 9.17) is 0 Å². The van der Waals surface area contributed by atoms with Crippen LogP contribution in [0.2, 0.25) is 0 Å². The maximum absolute atomic E-state index is 12.8. The van der Waals surface area contributed by atoms with Crippen molar-refractivity contribution >= 4 is 11.9 Å². The lowest BCUT2D eigenvalue weighted by Crippen LogP contribution is -2.49. The first kappa shape index (κ1) is 16.3. The second kappa shape index (κ2) is 6.95. The molecule has 0 atom stereocenters. The van der Waals surface area contributed by atoms with Gasteiger partial charge in [0.15, 0.2) is 0 Å². The van der Waals surface area contributed by atoms with Crippen LogP contribution in [0.3, 0.4) is 0 Å². The van der Waals surface area contributed by atoms with Gasteiger partial charge in [0, 0.05) is 56.0 Å². The van der Waals surface area contributed by atoms with Gasteiger partial charge in [-0.3, -0.25) is 4.79 Å². The highest BCUT2D eigenvalue weighted by Gasteiger charge is 2.23. The molecule has 0 unspecified atom stereocenters. The molecule has 0 aliphatic carbocycles. The van der Waals surface area contributed by atoms with Crippen molar-refractivity contribution in [3.63, 3.8) is 0 Å². The molecule has 0 saturated carbocycles. The fourth-order valence-corrected chi connectivity index (χ4v) is 3.13. The van der Waals surface area contributed by atoms with Gasteiger partial charge in [-0.05, 0) is 43.3 Å². The normalized spacial score (nSPS) is 14.5. The van der Waals surface area contributed by atoms with E-state index in [1.807, 2.05) is 46.8 Å². The minimum atomic E-state index is 0.0577. The van der Waals surface area contributed by atoms with E-state index in [-0.39, 0.29) is 5.91 Å². The van der Waals surface area contributed by atoms with Crippen LogP contribution in [0.4, 0.5) is 5.95 Å². The van der Waals surface area contributed by atoms with Gasteiger partial charge in [-0.2, -0.15) is 5.10 Å². The summed E-state index contributed by atoms with van der Waals surface area (Å²) >= 11 is 0. The Hall–Kier alpha value is -3.22. The Balaban J connectivity index is 1.41. The first-order valence-electron chi connectivity index (χ1n) is 8.65. The monoisotopic (exact) mass is 348 g/mol. The van der Waals surface area contributed by atoms with E-state index in [2.05, 4.69) is 20.0 Å². The number of carbonyl (C=O) groups excluding carboxylic acids is 1. The fraction of sp³-hybridized carbons (Fsp3) is 0.263. The smallest absolute Gasteiger partial charge is 0.253 e. The molecular formula is C19H20N6O. The minimum absolute atomic E-state index is 0.0577. The summed E-state index contributed by atoms with van der Waals surface area (Å²) in [4.78, 5) is 25.3. The first-order chi connectivity index (χ1) is 12.7. The van der Waals surface area contributed by atoms with Gasteiger partial charge < -0.3 is 9.80 Å². The Morgan fingerprint density at radius 3 is 2.23 bits per heavy atom. The van der Waals surface area contributed by atoms with Gasteiger partial charge in [0.05, 0.1) is 5.69 Å². The maximum Gasteiger partial charge on any atom is 0.253 e. The summed E-state index contributed by atoms with van der Waals surface area (Å²) in [6, 6.07) is 11.4. The van der Waals surface area contributed by atoms with E-state index in [9.17, 15) is 4.79 Å². The van der Waals surface area contributed by atoms with Crippen LogP contribution in [-0.2, 0) is 0 Å². The molecule has 3 aromatic rings. The summed E-state index contributed by atoms with van der Waals surface area (Å²) in [7, 11) is 0. The molecule has 26 heavy (non-hydrogen) atoms. The summed E-state index contributed by atoms with van der Waals surface area (Å²) in [5.41, 5.74) is 2.71. The molecule has 132 valence electrons. The van der Waals surface area contributed by atoms with Crippen LogP contribution in [0.1, 0.15) is 16.1 Å². The second-order valence-corrected chi connectivity index (χ2v) is 6.26. The molecule has 7 heteroatoms. The standard InChI is InChI=1S/C19H20N6O/c1-15-7-10-22-25(15)17-5-3-16(4-6-17)18(26)23-11-13-24(14-12-23)19-20-8-2-9-21-19/h2-10H,11-14H2,1H3. The van der Waals surface area contributed by atoms with E-state index < -0.39 is 0 Å². The quantitative estimate of drug-likeness (QED) is 0.724. The molecule has 1 fully saturated rings. The number of aryl methyl sites for hydroxylation is 1. The number of aromatic nitrogens is 4. The Morgan fingerprint density at radius 1 is 0.923 bits per heavy atom. The Morgan fingerprint density at radius 2 is 1.62 bits per heavy atom. The van der Waals surface area contributed by atoms with E-state index in [0.717, 1.165) is 30.4 Å². The Labute approximate surface area is 151 Å². The third kappa shape index (κ3) is 3.15. The van der Waals surface area contributed by atoms with Crippen LogP contribution in [-0.4, -0.2) is 56.7 Å². The van der Waals surface area contributed by atoms with Gasteiger partial charge in [-0.25, -0.2) is 14.6 Å². The molecule has 0 spiro atoms. The number of nitrogens with zero attached hydrogens (tertiary/aromatic N) is 6. The zero-order valence-electron chi connectivity index (χ0n) is 14.6. The van der Waals surface area contributed by atoms with Gasteiger partial charge in [-0.1, -0.05) is 0 Å². The van der Waals surface area contributed by atoms with E-state index in [0.29, 0.717) is 18.7 Å².